The summed E-state index contributed by atoms with van der Waals surface area (Å²) < 4.78 is 0. The molecule has 0 aliphatic rings. The van der Waals surface area contributed by atoms with Crippen LogP contribution in [0.1, 0.15) is 18.4 Å². The highest BCUT2D eigenvalue weighted by Crippen LogP contribution is 2.16. The van der Waals surface area contributed by atoms with Crippen molar-refractivity contribution in [2.45, 2.75) is 12.8 Å². The SMILES string of the molecule is CNC[C@@H](C)c1ccc(Cl)cc1. The van der Waals surface area contributed by atoms with Gasteiger partial charge in [-0.15, -0.1) is 0 Å². The molecule has 66 valence electrons. The van der Waals surface area contributed by atoms with E-state index in [-0.39, 0.29) is 0 Å². The molecule has 0 saturated heterocycles. The van der Waals surface area contributed by atoms with E-state index in [0.29, 0.717) is 5.92 Å². The molecule has 1 N–H and O–H groups in total. The minimum atomic E-state index is 0.548. The van der Waals surface area contributed by atoms with E-state index in [1.807, 2.05) is 19.2 Å². The van der Waals surface area contributed by atoms with Crippen molar-refractivity contribution in [3.63, 3.8) is 0 Å². The Labute approximate surface area is 78.7 Å². The quantitative estimate of drug-likeness (QED) is 0.760. The van der Waals surface area contributed by atoms with E-state index in [1.165, 1.54) is 5.56 Å². The number of nitrogens with one attached hydrogen (secondary N) is 1. The molecule has 1 aromatic rings. The molecule has 1 atom stereocenters. The second-order valence-electron chi connectivity index (χ2n) is 3.01. The van der Waals surface area contributed by atoms with Crippen molar-refractivity contribution in [2.24, 2.45) is 0 Å². The first-order valence-electron chi connectivity index (χ1n) is 4.14. The Morgan fingerprint density at radius 1 is 1.33 bits per heavy atom. The Morgan fingerprint density at radius 2 is 1.92 bits per heavy atom. The summed E-state index contributed by atoms with van der Waals surface area (Å²) in [7, 11) is 1.96. The average molecular weight is 184 g/mol. The standard InChI is InChI=1S/C10H14ClN/c1-8(7-12-2)9-3-5-10(11)6-4-9/h3-6,8,12H,7H2,1-2H3/t8-/m1/s1. The number of hydrogen-bond acceptors (Lipinski definition) is 1. The second-order valence-corrected chi connectivity index (χ2v) is 3.45. The Bertz CT molecular complexity index is 230. The largest absolute Gasteiger partial charge is 0.319 e. The van der Waals surface area contributed by atoms with Crippen molar-refractivity contribution in [2.75, 3.05) is 13.6 Å². The van der Waals surface area contributed by atoms with Crippen molar-refractivity contribution in [3.8, 4) is 0 Å². The highest BCUT2D eigenvalue weighted by Gasteiger charge is 2.02. The van der Waals surface area contributed by atoms with Crippen LogP contribution in [0.4, 0.5) is 0 Å². The molecule has 0 spiro atoms. The zero-order valence-electron chi connectivity index (χ0n) is 7.47. The Morgan fingerprint density at radius 3 is 2.42 bits per heavy atom. The maximum absolute atomic E-state index is 5.78. The van der Waals surface area contributed by atoms with Crippen LogP contribution in [0.3, 0.4) is 0 Å². The van der Waals surface area contributed by atoms with Gasteiger partial charge in [-0.05, 0) is 30.7 Å². The fraction of sp³-hybridized carbons (Fsp3) is 0.400. The topological polar surface area (TPSA) is 12.0 Å². The smallest absolute Gasteiger partial charge is 0.0406 e. The Kier molecular flexibility index (Phi) is 3.57. The molecule has 0 fully saturated rings. The third-order valence-electron chi connectivity index (χ3n) is 1.95. The van der Waals surface area contributed by atoms with Gasteiger partial charge in [0, 0.05) is 11.6 Å². The molecule has 0 aliphatic carbocycles. The first-order chi connectivity index (χ1) is 5.74. The zero-order valence-corrected chi connectivity index (χ0v) is 8.23. The van der Waals surface area contributed by atoms with Crippen LogP contribution < -0.4 is 5.32 Å². The summed E-state index contributed by atoms with van der Waals surface area (Å²) in [5.74, 6) is 0.548. The highest BCUT2D eigenvalue weighted by molar-refractivity contribution is 6.30. The molecule has 12 heavy (non-hydrogen) atoms. The lowest BCUT2D eigenvalue weighted by Gasteiger charge is -2.10. The maximum atomic E-state index is 5.78. The Balaban J connectivity index is 2.68. The predicted octanol–water partition coefficient (Wildman–Crippen LogP) is 2.66. The molecule has 0 aliphatic heterocycles. The summed E-state index contributed by atoms with van der Waals surface area (Å²) in [5.41, 5.74) is 1.33. The van der Waals surface area contributed by atoms with Gasteiger partial charge in [-0.2, -0.15) is 0 Å². The van der Waals surface area contributed by atoms with Gasteiger partial charge in [-0.25, -0.2) is 0 Å². The van der Waals surface area contributed by atoms with E-state index in [2.05, 4.69) is 24.4 Å². The first-order valence-corrected chi connectivity index (χ1v) is 4.52. The molecule has 1 aromatic carbocycles. The minimum absolute atomic E-state index is 0.548. The van der Waals surface area contributed by atoms with Crippen molar-refractivity contribution < 1.29 is 0 Å². The van der Waals surface area contributed by atoms with Crippen molar-refractivity contribution in [1.82, 2.24) is 5.32 Å². The maximum Gasteiger partial charge on any atom is 0.0406 e. The molecule has 1 rings (SSSR count). The van der Waals surface area contributed by atoms with E-state index < -0.39 is 0 Å². The lowest BCUT2D eigenvalue weighted by atomic mass is 10.0. The number of likely N-dealkylation sites (N-methyl/N-ethyl adjacent to an activating group) is 1. The number of halogens is 1. The molecular weight excluding hydrogens is 170 g/mol. The van der Waals surface area contributed by atoms with Gasteiger partial charge in [-0.1, -0.05) is 30.7 Å². The zero-order chi connectivity index (χ0) is 8.97. The number of rotatable bonds is 3. The van der Waals surface area contributed by atoms with E-state index in [4.69, 9.17) is 11.6 Å². The normalized spacial score (nSPS) is 12.9. The molecule has 0 aromatic heterocycles. The summed E-state index contributed by atoms with van der Waals surface area (Å²) in [4.78, 5) is 0. The van der Waals surface area contributed by atoms with Crippen LogP contribution in [0.5, 0.6) is 0 Å². The van der Waals surface area contributed by atoms with E-state index in [0.717, 1.165) is 11.6 Å². The molecule has 0 bridgehead atoms. The Hall–Kier alpha value is -0.530. The van der Waals surface area contributed by atoms with Crippen LogP contribution in [-0.2, 0) is 0 Å². The first kappa shape index (κ1) is 9.56. The van der Waals surface area contributed by atoms with Crippen LogP contribution >= 0.6 is 11.6 Å². The van der Waals surface area contributed by atoms with E-state index >= 15 is 0 Å². The molecule has 1 nitrogen and oxygen atoms in total. The highest BCUT2D eigenvalue weighted by atomic mass is 35.5. The van der Waals surface area contributed by atoms with Crippen LogP contribution in [0.15, 0.2) is 24.3 Å². The fourth-order valence-corrected chi connectivity index (χ4v) is 1.34. The second kappa shape index (κ2) is 4.48. The molecule has 0 heterocycles. The van der Waals surface area contributed by atoms with Crippen LogP contribution in [-0.4, -0.2) is 13.6 Å². The van der Waals surface area contributed by atoms with Crippen LogP contribution in [0, 0.1) is 0 Å². The molecule has 0 amide bonds. The summed E-state index contributed by atoms with van der Waals surface area (Å²) in [6, 6.07) is 8.01. The van der Waals surface area contributed by atoms with Gasteiger partial charge >= 0.3 is 0 Å². The predicted molar refractivity (Wildman–Crippen MR) is 53.8 cm³/mol. The summed E-state index contributed by atoms with van der Waals surface area (Å²) in [6.45, 7) is 3.20. The molecule has 0 unspecified atom stereocenters. The van der Waals surface area contributed by atoms with Crippen LogP contribution in [0.25, 0.3) is 0 Å². The number of benzene rings is 1. The van der Waals surface area contributed by atoms with E-state index in [9.17, 15) is 0 Å². The van der Waals surface area contributed by atoms with Crippen LogP contribution in [0.2, 0.25) is 5.02 Å². The monoisotopic (exact) mass is 183 g/mol. The molecule has 0 saturated carbocycles. The van der Waals surface area contributed by atoms with Gasteiger partial charge in [0.25, 0.3) is 0 Å². The summed E-state index contributed by atoms with van der Waals surface area (Å²) in [5, 5.41) is 3.95. The average Bonchev–Trinajstić information content (AvgIpc) is 2.06. The van der Waals surface area contributed by atoms with Gasteiger partial charge in [0.1, 0.15) is 0 Å². The third-order valence-corrected chi connectivity index (χ3v) is 2.20. The van der Waals surface area contributed by atoms with Gasteiger partial charge in [0.05, 0.1) is 0 Å². The summed E-state index contributed by atoms with van der Waals surface area (Å²) >= 11 is 5.78. The third kappa shape index (κ3) is 2.50. The van der Waals surface area contributed by atoms with Crippen molar-refractivity contribution >= 4 is 11.6 Å². The lowest BCUT2D eigenvalue weighted by molar-refractivity contribution is 0.678. The van der Waals surface area contributed by atoms with Gasteiger partial charge in [0.15, 0.2) is 0 Å². The molecule has 2 heteroatoms. The van der Waals surface area contributed by atoms with Gasteiger partial charge in [-0.3, -0.25) is 0 Å². The fourth-order valence-electron chi connectivity index (χ4n) is 1.22. The lowest BCUT2D eigenvalue weighted by Crippen LogP contribution is -2.14. The minimum Gasteiger partial charge on any atom is -0.319 e. The molecular formula is C10H14ClN. The van der Waals surface area contributed by atoms with Crippen molar-refractivity contribution in [1.29, 1.82) is 0 Å². The summed E-state index contributed by atoms with van der Waals surface area (Å²) in [6.07, 6.45) is 0. The number of hydrogen-bond donors (Lipinski definition) is 1. The van der Waals surface area contributed by atoms with Crippen molar-refractivity contribution in [3.05, 3.63) is 34.9 Å². The van der Waals surface area contributed by atoms with Gasteiger partial charge < -0.3 is 5.32 Å². The van der Waals surface area contributed by atoms with Gasteiger partial charge in [0.2, 0.25) is 0 Å². The molecule has 0 radical (unpaired) electrons. The van der Waals surface area contributed by atoms with E-state index in [1.54, 1.807) is 0 Å².